The topological polar surface area (TPSA) is 29.5 Å². The largest absolute Gasteiger partial charge is 0.390 e. The maximum absolute atomic E-state index is 13.9. The van der Waals surface area contributed by atoms with Crippen molar-refractivity contribution in [1.29, 1.82) is 0 Å². The molecular weight excluding hydrogens is 310 g/mol. The van der Waals surface area contributed by atoms with Gasteiger partial charge in [0.25, 0.3) is 0 Å². The fraction of sp³-hybridized carbons (Fsp3) is 1.00. The van der Waals surface area contributed by atoms with Crippen molar-refractivity contribution in [2.24, 2.45) is 23.7 Å². The summed E-state index contributed by atoms with van der Waals surface area (Å²) < 4.78 is 33.2. The summed E-state index contributed by atoms with van der Waals surface area (Å²) >= 11 is 0. The number of hydrogen-bond acceptors (Lipinski definition) is 2. The molecule has 1 N–H and O–H groups in total. The molecule has 3 rings (SSSR count). The number of hydrogen-bond donors (Lipinski definition) is 1. The molecule has 0 radical (unpaired) electrons. The molecule has 2 nitrogen and oxygen atoms in total. The molecule has 24 heavy (non-hydrogen) atoms. The van der Waals surface area contributed by atoms with Crippen molar-refractivity contribution in [3.63, 3.8) is 0 Å². The minimum absolute atomic E-state index is 0.305. The first-order valence-electron chi connectivity index (χ1n) is 10.1. The van der Waals surface area contributed by atoms with Gasteiger partial charge in [-0.15, -0.1) is 0 Å². The van der Waals surface area contributed by atoms with Gasteiger partial charge >= 0.3 is 0 Å². The number of halogens is 2. The molecule has 140 valence electrons. The van der Waals surface area contributed by atoms with Crippen LogP contribution in [0.1, 0.15) is 71.1 Å². The number of alkyl halides is 2. The molecule has 0 aromatic carbocycles. The van der Waals surface area contributed by atoms with Crippen LogP contribution in [0.3, 0.4) is 0 Å². The SMILES string of the molecule is CC1CCC(C2CCC(COC3CCC(O)C(F)C3F)CC2)CC1. The Balaban J connectivity index is 1.37. The molecule has 0 heterocycles. The highest BCUT2D eigenvalue weighted by molar-refractivity contribution is 4.89. The third-order valence-corrected chi connectivity index (χ3v) is 6.94. The summed E-state index contributed by atoms with van der Waals surface area (Å²) in [5.41, 5.74) is 0. The van der Waals surface area contributed by atoms with Crippen LogP contribution < -0.4 is 0 Å². The van der Waals surface area contributed by atoms with Gasteiger partial charge in [-0.3, -0.25) is 0 Å². The fourth-order valence-electron chi connectivity index (χ4n) is 5.09. The molecule has 0 aromatic heterocycles. The van der Waals surface area contributed by atoms with Crippen LogP contribution in [0.5, 0.6) is 0 Å². The molecule has 4 heteroatoms. The smallest absolute Gasteiger partial charge is 0.160 e. The lowest BCUT2D eigenvalue weighted by atomic mass is 9.69. The summed E-state index contributed by atoms with van der Waals surface area (Å²) in [6, 6.07) is 0. The Bertz CT molecular complexity index is 376. The van der Waals surface area contributed by atoms with Gasteiger partial charge in [0, 0.05) is 6.61 Å². The van der Waals surface area contributed by atoms with E-state index in [0.29, 0.717) is 25.4 Å². The van der Waals surface area contributed by atoms with E-state index in [1.807, 2.05) is 0 Å². The Morgan fingerprint density at radius 3 is 2.00 bits per heavy atom. The van der Waals surface area contributed by atoms with E-state index in [4.69, 9.17) is 4.74 Å². The van der Waals surface area contributed by atoms with Crippen LogP contribution in [0.25, 0.3) is 0 Å². The lowest BCUT2D eigenvalue weighted by molar-refractivity contribution is -0.106. The first-order valence-corrected chi connectivity index (χ1v) is 10.1. The highest BCUT2D eigenvalue weighted by atomic mass is 19.2. The average Bonchev–Trinajstić information content (AvgIpc) is 2.60. The van der Waals surface area contributed by atoms with Gasteiger partial charge < -0.3 is 9.84 Å². The van der Waals surface area contributed by atoms with Crippen molar-refractivity contribution in [3.05, 3.63) is 0 Å². The predicted molar refractivity (Wildman–Crippen MR) is 91.3 cm³/mol. The number of ether oxygens (including phenoxy) is 1. The Morgan fingerprint density at radius 1 is 0.792 bits per heavy atom. The maximum Gasteiger partial charge on any atom is 0.160 e. The summed E-state index contributed by atoms with van der Waals surface area (Å²) in [7, 11) is 0. The monoisotopic (exact) mass is 344 g/mol. The molecule has 4 atom stereocenters. The highest BCUT2D eigenvalue weighted by Crippen LogP contribution is 2.41. The second-order valence-electron chi connectivity index (χ2n) is 8.71. The van der Waals surface area contributed by atoms with E-state index in [9.17, 15) is 13.9 Å². The molecule has 0 aromatic rings. The van der Waals surface area contributed by atoms with Crippen molar-refractivity contribution in [2.45, 2.75) is 95.7 Å². The molecule has 3 aliphatic carbocycles. The Morgan fingerprint density at radius 2 is 1.38 bits per heavy atom. The molecule has 0 aliphatic heterocycles. The van der Waals surface area contributed by atoms with Crippen LogP contribution in [-0.2, 0) is 4.74 Å². The summed E-state index contributed by atoms with van der Waals surface area (Å²) in [4.78, 5) is 0. The summed E-state index contributed by atoms with van der Waals surface area (Å²) in [6.07, 6.45) is 5.94. The quantitative estimate of drug-likeness (QED) is 0.791. The maximum atomic E-state index is 13.9. The van der Waals surface area contributed by atoms with Crippen LogP contribution in [0, 0.1) is 23.7 Å². The minimum atomic E-state index is -1.78. The Kier molecular flexibility index (Phi) is 6.53. The van der Waals surface area contributed by atoms with Crippen molar-refractivity contribution >= 4 is 0 Å². The van der Waals surface area contributed by atoms with Crippen LogP contribution in [-0.4, -0.2) is 36.3 Å². The second-order valence-corrected chi connectivity index (χ2v) is 8.71. The molecule has 3 saturated carbocycles. The van der Waals surface area contributed by atoms with Gasteiger partial charge in [0.05, 0.1) is 12.2 Å². The summed E-state index contributed by atoms with van der Waals surface area (Å²) in [6.45, 7) is 2.93. The zero-order valence-corrected chi connectivity index (χ0v) is 15.0. The van der Waals surface area contributed by atoms with Gasteiger partial charge in [-0.05, 0) is 75.0 Å². The van der Waals surface area contributed by atoms with E-state index >= 15 is 0 Å². The Labute approximate surface area is 145 Å². The average molecular weight is 344 g/mol. The molecule has 3 aliphatic rings. The molecule has 0 spiro atoms. The number of aliphatic hydroxyl groups excluding tert-OH is 1. The molecule has 3 fully saturated rings. The van der Waals surface area contributed by atoms with Gasteiger partial charge in [-0.1, -0.05) is 19.8 Å². The zero-order chi connectivity index (χ0) is 17.1. The molecule has 0 amide bonds. The highest BCUT2D eigenvalue weighted by Gasteiger charge is 2.40. The van der Waals surface area contributed by atoms with Crippen molar-refractivity contribution in [1.82, 2.24) is 0 Å². The van der Waals surface area contributed by atoms with Crippen LogP contribution in [0.15, 0.2) is 0 Å². The number of aliphatic hydroxyl groups is 1. The number of rotatable bonds is 4. The lowest BCUT2D eigenvalue weighted by Crippen LogP contribution is -2.46. The van der Waals surface area contributed by atoms with Gasteiger partial charge in [-0.2, -0.15) is 0 Å². The summed E-state index contributed by atoms with van der Waals surface area (Å²) in [5.74, 6) is 3.21. The standard InChI is InChI=1S/C20H34F2O2/c1-13-2-6-15(7-3-13)16-8-4-14(5-9-16)12-24-18-11-10-17(23)19(21)20(18)22/h13-20,23H,2-12H2,1H3. The Hall–Kier alpha value is -0.220. The van der Waals surface area contributed by atoms with Crippen LogP contribution >= 0.6 is 0 Å². The van der Waals surface area contributed by atoms with E-state index in [0.717, 1.165) is 17.8 Å². The minimum Gasteiger partial charge on any atom is -0.390 e. The van der Waals surface area contributed by atoms with E-state index in [-0.39, 0.29) is 0 Å². The predicted octanol–water partition coefficient (Wildman–Crippen LogP) is 4.84. The van der Waals surface area contributed by atoms with Crippen molar-refractivity contribution < 1.29 is 18.6 Å². The van der Waals surface area contributed by atoms with E-state index in [2.05, 4.69) is 6.92 Å². The lowest BCUT2D eigenvalue weighted by Gasteiger charge is -2.38. The van der Waals surface area contributed by atoms with Crippen molar-refractivity contribution in [2.75, 3.05) is 6.61 Å². The van der Waals surface area contributed by atoms with Gasteiger partial charge in [0.2, 0.25) is 0 Å². The van der Waals surface area contributed by atoms with Crippen molar-refractivity contribution in [3.8, 4) is 0 Å². The first kappa shape index (κ1) is 18.6. The van der Waals surface area contributed by atoms with Gasteiger partial charge in [-0.25, -0.2) is 8.78 Å². The van der Waals surface area contributed by atoms with Crippen LogP contribution in [0.4, 0.5) is 8.78 Å². The second kappa shape index (κ2) is 8.44. The molecule has 0 saturated heterocycles. The van der Waals surface area contributed by atoms with E-state index < -0.39 is 24.6 Å². The molecule has 0 bridgehead atoms. The normalized spacial score (nSPS) is 47.5. The fourth-order valence-corrected chi connectivity index (χ4v) is 5.09. The van der Waals surface area contributed by atoms with E-state index in [1.54, 1.807) is 0 Å². The van der Waals surface area contributed by atoms with E-state index in [1.165, 1.54) is 51.4 Å². The third kappa shape index (κ3) is 4.49. The summed E-state index contributed by atoms with van der Waals surface area (Å²) in [5, 5.41) is 9.38. The zero-order valence-electron chi connectivity index (χ0n) is 15.0. The first-order chi connectivity index (χ1) is 11.5. The molecular formula is C20H34F2O2. The van der Waals surface area contributed by atoms with Gasteiger partial charge in [0.15, 0.2) is 12.3 Å². The van der Waals surface area contributed by atoms with Gasteiger partial charge in [0.1, 0.15) is 0 Å². The van der Waals surface area contributed by atoms with Crippen LogP contribution in [0.2, 0.25) is 0 Å². The molecule has 4 unspecified atom stereocenters. The third-order valence-electron chi connectivity index (χ3n) is 6.94.